The van der Waals surface area contributed by atoms with Gasteiger partial charge in [0.2, 0.25) is 5.88 Å². The van der Waals surface area contributed by atoms with Crippen LogP contribution in [0.15, 0.2) is 23.7 Å². The van der Waals surface area contributed by atoms with Crippen molar-refractivity contribution in [2.24, 2.45) is 0 Å². The van der Waals surface area contributed by atoms with E-state index in [-0.39, 0.29) is 0 Å². The van der Waals surface area contributed by atoms with Crippen molar-refractivity contribution in [1.29, 1.82) is 0 Å². The standard InChI is InChI=1S/C10H12N4OS/c1-2-15-10-9(4-3-5-11-10)12-6-8-7-16-14-13-8/h3-5,7,12H,2,6H2,1H3. The van der Waals surface area contributed by atoms with Crippen molar-refractivity contribution in [3.05, 3.63) is 29.4 Å². The second-order valence-corrected chi connectivity index (χ2v) is 3.65. The van der Waals surface area contributed by atoms with Crippen molar-refractivity contribution in [3.8, 4) is 5.88 Å². The van der Waals surface area contributed by atoms with Gasteiger partial charge in [0.05, 0.1) is 24.5 Å². The molecule has 0 aliphatic heterocycles. The molecule has 5 nitrogen and oxygen atoms in total. The predicted octanol–water partition coefficient (Wildman–Crippen LogP) is 1.94. The van der Waals surface area contributed by atoms with E-state index < -0.39 is 0 Å². The largest absolute Gasteiger partial charge is 0.476 e. The molecule has 16 heavy (non-hydrogen) atoms. The zero-order chi connectivity index (χ0) is 11.2. The van der Waals surface area contributed by atoms with Crippen molar-refractivity contribution in [1.82, 2.24) is 14.6 Å². The Morgan fingerprint density at radius 1 is 1.50 bits per heavy atom. The Labute approximate surface area is 97.7 Å². The zero-order valence-electron chi connectivity index (χ0n) is 8.88. The molecule has 1 N–H and O–H groups in total. The summed E-state index contributed by atoms with van der Waals surface area (Å²) in [5.74, 6) is 0.619. The molecule has 84 valence electrons. The van der Waals surface area contributed by atoms with E-state index in [4.69, 9.17) is 4.74 Å². The normalized spacial score (nSPS) is 10.1. The van der Waals surface area contributed by atoms with Gasteiger partial charge >= 0.3 is 0 Å². The first kappa shape index (κ1) is 10.8. The molecule has 0 aliphatic carbocycles. The summed E-state index contributed by atoms with van der Waals surface area (Å²) in [6, 6.07) is 3.79. The van der Waals surface area contributed by atoms with Gasteiger partial charge in [0, 0.05) is 11.6 Å². The number of hydrogen-bond acceptors (Lipinski definition) is 6. The quantitative estimate of drug-likeness (QED) is 0.859. The topological polar surface area (TPSA) is 59.9 Å². The van der Waals surface area contributed by atoms with Gasteiger partial charge in [-0.1, -0.05) is 4.49 Å². The maximum absolute atomic E-state index is 5.40. The molecule has 0 aliphatic rings. The number of nitrogens with one attached hydrogen (secondary N) is 1. The van der Waals surface area contributed by atoms with Crippen LogP contribution in [-0.2, 0) is 6.54 Å². The molecule has 0 radical (unpaired) electrons. The van der Waals surface area contributed by atoms with Gasteiger partial charge in [-0.05, 0) is 30.6 Å². The Balaban J connectivity index is 2.03. The van der Waals surface area contributed by atoms with Crippen LogP contribution in [0.5, 0.6) is 5.88 Å². The summed E-state index contributed by atoms with van der Waals surface area (Å²) >= 11 is 1.34. The molecule has 0 amide bonds. The summed E-state index contributed by atoms with van der Waals surface area (Å²) in [4.78, 5) is 4.15. The van der Waals surface area contributed by atoms with Gasteiger partial charge in [-0.2, -0.15) is 0 Å². The highest BCUT2D eigenvalue weighted by molar-refractivity contribution is 7.03. The first-order valence-electron chi connectivity index (χ1n) is 4.97. The highest BCUT2D eigenvalue weighted by Crippen LogP contribution is 2.20. The fraction of sp³-hybridized carbons (Fsp3) is 0.300. The van der Waals surface area contributed by atoms with Crippen molar-refractivity contribution >= 4 is 17.2 Å². The lowest BCUT2D eigenvalue weighted by Crippen LogP contribution is -2.04. The van der Waals surface area contributed by atoms with Crippen LogP contribution < -0.4 is 10.1 Å². The van der Waals surface area contributed by atoms with E-state index in [0.717, 1.165) is 11.4 Å². The van der Waals surface area contributed by atoms with E-state index in [9.17, 15) is 0 Å². The maximum Gasteiger partial charge on any atom is 0.237 e. The SMILES string of the molecule is CCOc1ncccc1NCc1csnn1. The average molecular weight is 236 g/mol. The van der Waals surface area contributed by atoms with E-state index in [0.29, 0.717) is 19.0 Å². The number of anilines is 1. The lowest BCUT2D eigenvalue weighted by atomic mass is 10.4. The van der Waals surface area contributed by atoms with E-state index >= 15 is 0 Å². The van der Waals surface area contributed by atoms with Crippen LogP contribution in [0.4, 0.5) is 5.69 Å². The minimum absolute atomic E-state index is 0.601. The molecule has 2 aromatic heterocycles. The van der Waals surface area contributed by atoms with E-state index in [1.54, 1.807) is 6.20 Å². The van der Waals surface area contributed by atoms with Gasteiger partial charge in [0.1, 0.15) is 0 Å². The minimum atomic E-state index is 0.601. The first-order valence-corrected chi connectivity index (χ1v) is 5.81. The van der Waals surface area contributed by atoms with E-state index in [2.05, 4.69) is 19.9 Å². The van der Waals surface area contributed by atoms with Crippen LogP contribution in [0.3, 0.4) is 0 Å². The third-order valence-electron chi connectivity index (χ3n) is 1.92. The molecule has 2 rings (SSSR count). The molecule has 0 spiro atoms. The average Bonchev–Trinajstić information content (AvgIpc) is 2.81. The van der Waals surface area contributed by atoms with Gasteiger partial charge in [-0.15, -0.1) is 5.10 Å². The molecule has 0 atom stereocenters. The Morgan fingerprint density at radius 2 is 2.44 bits per heavy atom. The van der Waals surface area contributed by atoms with Crippen LogP contribution in [0.25, 0.3) is 0 Å². The van der Waals surface area contributed by atoms with Crippen LogP contribution in [0.2, 0.25) is 0 Å². The predicted molar refractivity (Wildman–Crippen MR) is 62.6 cm³/mol. The molecule has 0 saturated carbocycles. The van der Waals surface area contributed by atoms with Gasteiger partial charge in [0.25, 0.3) is 0 Å². The second kappa shape index (κ2) is 5.41. The molecule has 0 aromatic carbocycles. The van der Waals surface area contributed by atoms with Gasteiger partial charge < -0.3 is 10.1 Å². The summed E-state index contributed by atoms with van der Waals surface area (Å²) in [7, 11) is 0. The highest BCUT2D eigenvalue weighted by Gasteiger charge is 2.04. The lowest BCUT2D eigenvalue weighted by molar-refractivity contribution is 0.328. The number of rotatable bonds is 5. The molecule has 0 saturated heterocycles. The molecule has 0 unspecified atom stereocenters. The van der Waals surface area contributed by atoms with E-state index in [1.165, 1.54) is 11.5 Å². The summed E-state index contributed by atoms with van der Waals surface area (Å²) < 4.78 is 9.20. The maximum atomic E-state index is 5.40. The monoisotopic (exact) mass is 236 g/mol. The Morgan fingerprint density at radius 3 is 3.19 bits per heavy atom. The molecular formula is C10H12N4OS. The molecule has 6 heteroatoms. The van der Waals surface area contributed by atoms with Crippen molar-refractivity contribution in [2.75, 3.05) is 11.9 Å². The van der Waals surface area contributed by atoms with Crippen LogP contribution >= 0.6 is 11.5 Å². The van der Waals surface area contributed by atoms with Crippen molar-refractivity contribution in [3.63, 3.8) is 0 Å². The molecular weight excluding hydrogens is 224 g/mol. The fourth-order valence-electron chi connectivity index (χ4n) is 1.22. The molecule has 0 fully saturated rings. The number of aromatic nitrogens is 3. The number of hydrogen-bond donors (Lipinski definition) is 1. The molecule has 0 bridgehead atoms. The van der Waals surface area contributed by atoms with Crippen LogP contribution in [0, 0.1) is 0 Å². The minimum Gasteiger partial charge on any atom is -0.476 e. The number of ether oxygens (including phenoxy) is 1. The van der Waals surface area contributed by atoms with Crippen LogP contribution in [0.1, 0.15) is 12.6 Å². The summed E-state index contributed by atoms with van der Waals surface area (Å²) in [5.41, 5.74) is 1.79. The fourth-order valence-corrected chi connectivity index (χ4v) is 1.68. The Kier molecular flexibility index (Phi) is 3.66. The zero-order valence-corrected chi connectivity index (χ0v) is 9.70. The molecule has 2 aromatic rings. The third kappa shape index (κ3) is 2.66. The summed E-state index contributed by atoms with van der Waals surface area (Å²) in [5, 5.41) is 9.08. The van der Waals surface area contributed by atoms with Gasteiger partial charge in [0.15, 0.2) is 0 Å². The van der Waals surface area contributed by atoms with Gasteiger partial charge in [-0.25, -0.2) is 4.98 Å². The van der Waals surface area contributed by atoms with Gasteiger partial charge in [-0.3, -0.25) is 0 Å². The third-order valence-corrected chi connectivity index (χ3v) is 2.47. The highest BCUT2D eigenvalue weighted by atomic mass is 32.1. The van der Waals surface area contributed by atoms with Crippen LogP contribution in [-0.4, -0.2) is 21.2 Å². The second-order valence-electron chi connectivity index (χ2n) is 3.04. The smallest absolute Gasteiger partial charge is 0.237 e. The van der Waals surface area contributed by atoms with E-state index in [1.807, 2.05) is 24.4 Å². The lowest BCUT2D eigenvalue weighted by Gasteiger charge is -2.09. The van der Waals surface area contributed by atoms with Crippen molar-refractivity contribution < 1.29 is 4.74 Å². The Hall–Kier alpha value is -1.69. The number of nitrogens with zero attached hydrogens (tertiary/aromatic N) is 3. The molecule has 2 heterocycles. The summed E-state index contributed by atoms with van der Waals surface area (Å²) in [6.45, 7) is 3.16. The number of pyridine rings is 1. The van der Waals surface area contributed by atoms with Crippen molar-refractivity contribution in [2.45, 2.75) is 13.5 Å². The first-order chi connectivity index (χ1) is 7.90. The Bertz CT molecular complexity index is 432. The summed E-state index contributed by atoms with van der Waals surface area (Å²) in [6.07, 6.45) is 1.71.